The van der Waals surface area contributed by atoms with Crippen LogP contribution in [-0.2, 0) is 32.7 Å². The quantitative estimate of drug-likeness (QED) is 0.611. The molecule has 0 amide bonds. The van der Waals surface area contributed by atoms with Crippen molar-refractivity contribution in [3.05, 3.63) is 31.2 Å². The molecule has 0 fully saturated rings. The summed E-state index contributed by atoms with van der Waals surface area (Å²) >= 11 is 0. The fourth-order valence-corrected chi connectivity index (χ4v) is 1.50. The predicted molar refractivity (Wildman–Crippen MR) is 64.1 cm³/mol. The van der Waals surface area contributed by atoms with E-state index < -0.39 is 7.12 Å². The van der Waals surface area contributed by atoms with Crippen molar-refractivity contribution < 1.29 is 42.8 Å². The molecule has 1 radical (unpaired) electrons. The number of rotatable bonds is 5. The maximum atomic E-state index is 8.94. The third-order valence-corrected chi connectivity index (χ3v) is 2.32. The molecule has 0 spiro atoms. The van der Waals surface area contributed by atoms with Gasteiger partial charge in [-0.25, -0.2) is 0 Å². The molecule has 16 heavy (non-hydrogen) atoms. The SMILES string of the molecule is [CH2-]CN(CCC)c1ccc(B(O)O)cc1.[Y]. The van der Waals surface area contributed by atoms with Crippen LogP contribution < -0.4 is 10.4 Å². The normalized spacial score (nSPS) is 9.50. The van der Waals surface area contributed by atoms with Crippen molar-refractivity contribution in [1.29, 1.82) is 0 Å². The molecule has 0 saturated carbocycles. The van der Waals surface area contributed by atoms with Crippen LogP contribution >= 0.6 is 0 Å². The summed E-state index contributed by atoms with van der Waals surface area (Å²) in [6, 6.07) is 7.21. The van der Waals surface area contributed by atoms with Crippen molar-refractivity contribution in [2.75, 3.05) is 18.0 Å². The summed E-state index contributed by atoms with van der Waals surface area (Å²) < 4.78 is 0. The van der Waals surface area contributed by atoms with E-state index in [-0.39, 0.29) is 32.7 Å². The molecule has 1 aromatic carbocycles. The first-order valence-electron chi connectivity index (χ1n) is 5.19. The van der Waals surface area contributed by atoms with Crippen molar-refractivity contribution in [2.24, 2.45) is 0 Å². The monoisotopic (exact) mass is 295 g/mol. The van der Waals surface area contributed by atoms with Crippen molar-refractivity contribution in [3.8, 4) is 0 Å². The van der Waals surface area contributed by atoms with Gasteiger partial charge in [0.1, 0.15) is 0 Å². The second kappa shape index (κ2) is 8.24. The Balaban J connectivity index is 0.00000225. The fraction of sp³-hybridized carbons (Fsp3) is 0.364. The molecule has 85 valence electrons. The summed E-state index contributed by atoms with van der Waals surface area (Å²) in [4.78, 5) is 2.15. The van der Waals surface area contributed by atoms with Crippen LogP contribution in [-0.4, -0.2) is 30.3 Å². The summed E-state index contributed by atoms with van der Waals surface area (Å²) in [5.74, 6) is 0. The Morgan fingerprint density at radius 3 is 2.19 bits per heavy atom. The zero-order chi connectivity index (χ0) is 11.3. The minimum absolute atomic E-state index is 0. The molecule has 0 saturated heterocycles. The topological polar surface area (TPSA) is 43.7 Å². The van der Waals surface area contributed by atoms with Crippen LogP contribution in [0.2, 0.25) is 0 Å². The molecule has 0 aromatic heterocycles. The van der Waals surface area contributed by atoms with Gasteiger partial charge in [-0.1, -0.05) is 19.1 Å². The van der Waals surface area contributed by atoms with E-state index in [0.29, 0.717) is 5.46 Å². The Kier molecular flexibility index (Phi) is 8.29. The van der Waals surface area contributed by atoms with Gasteiger partial charge >= 0.3 is 7.12 Å². The molecule has 2 N–H and O–H groups in total. The van der Waals surface area contributed by atoms with Gasteiger partial charge in [-0.05, 0) is 24.0 Å². The van der Waals surface area contributed by atoms with Gasteiger partial charge in [0, 0.05) is 44.9 Å². The zero-order valence-corrected chi connectivity index (χ0v) is 12.5. The van der Waals surface area contributed by atoms with Gasteiger partial charge in [-0.2, -0.15) is 0 Å². The molecule has 1 rings (SSSR count). The summed E-state index contributed by atoms with van der Waals surface area (Å²) in [6.07, 6.45) is 1.07. The summed E-state index contributed by atoms with van der Waals surface area (Å²) in [7, 11) is -1.39. The maximum absolute atomic E-state index is 8.94. The Bertz CT molecular complexity index is 293. The molecule has 0 bridgehead atoms. The van der Waals surface area contributed by atoms with Crippen LogP contribution in [0.15, 0.2) is 24.3 Å². The largest absolute Gasteiger partial charge is 0.488 e. The van der Waals surface area contributed by atoms with Crippen LogP contribution in [0.25, 0.3) is 0 Å². The van der Waals surface area contributed by atoms with Crippen molar-refractivity contribution >= 4 is 18.3 Å². The molecular weight excluding hydrogens is 278 g/mol. The first-order valence-corrected chi connectivity index (χ1v) is 5.19. The predicted octanol–water partition coefficient (Wildman–Crippen LogP) is 0.414. The Morgan fingerprint density at radius 2 is 1.81 bits per heavy atom. The van der Waals surface area contributed by atoms with Crippen LogP contribution in [0.4, 0.5) is 5.69 Å². The van der Waals surface area contributed by atoms with Gasteiger partial charge in [0.25, 0.3) is 0 Å². The Morgan fingerprint density at radius 1 is 1.25 bits per heavy atom. The summed E-state index contributed by atoms with van der Waals surface area (Å²) in [6.45, 7) is 7.67. The molecule has 0 heterocycles. The molecule has 3 nitrogen and oxygen atoms in total. The van der Waals surface area contributed by atoms with Gasteiger partial charge in [0.2, 0.25) is 0 Å². The number of nitrogens with zero attached hydrogens (tertiary/aromatic N) is 1. The number of anilines is 1. The maximum Gasteiger partial charge on any atom is 0.488 e. The number of hydrogen-bond acceptors (Lipinski definition) is 3. The van der Waals surface area contributed by atoms with Crippen LogP contribution in [0, 0.1) is 6.92 Å². The van der Waals surface area contributed by atoms with Crippen LogP contribution in [0.3, 0.4) is 0 Å². The zero-order valence-electron chi connectivity index (χ0n) is 9.63. The molecule has 0 aliphatic carbocycles. The van der Waals surface area contributed by atoms with E-state index in [9.17, 15) is 0 Å². The minimum Gasteiger partial charge on any atom is -0.423 e. The fourth-order valence-electron chi connectivity index (χ4n) is 1.50. The molecule has 0 atom stereocenters. The molecule has 0 aliphatic heterocycles. The average molecular weight is 295 g/mol. The number of benzene rings is 1. The smallest absolute Gasteiger partial charge is 0.423 e. The third kappa shape index (κ3) is 4.54. The van der Waals surface area contributed by atoms with E-state index >= 15 is 0 Å². The van der Waals surface area contributed by atoms with Crippen LogP contribution in [0.1, 0.15) is 13.3 Å². The molecule has 5 heteroatoms. The Labute approximate surface area is 123 Å². The van der Waals surface area contributed by atoms with E-state index in [0.717, 1.165) is 25.2 Å². The van der Waals surface area contributed by atoms with Crippen molar-refractivity contribution in [3.63, 3.8) is 0 Å². The van der Waals surface area contributed by atoms with Crippen molar-refractivity contribution in [2.45, 2.75) is 13.3 Å². The molecule has 1 aromatic rings. The Hall–Kier alpha value is 0.109. The second-order valence-electron chi connectivity index (χ2n) is 3.45. The van der Waals surface area contributed by atoms with E-state index in [1.165, 1.54) is 0 Å². The van der Waals surface area contributed by atoms with Gasteiger partial charge in [0.15, 0.2) is 0 Å². The standard InChI is InChI=1S/C11H17BNO2.Y/c1-3-9-13(4-2)11-7-5-10(6-8-11)12(14)15;/h5-8,14-15H,2-4,9H2,1H3;/q-1;. The van der Waals surface area contributed by atoms with Gasteiger partial charge in [0.05, 0.1) is 0 Å². The van der Waals surface area contributed by atoms with E-state index in [1.54, 1.807) is 12.1 Å². The van der Waals surface area contributed by atoms with Crippen LogP contribution in [0.5, 0.6) is 0 Å². The first-order chi connectivity index (χ1) is 7.19. The molecule has 0 unspecified atom stereocenters. The summed E-state index contributed by atoms with van der Waals surface area (Å²) in [5.41, 5.74) is 1.58. The molecular formula is C11H17BNO2Y-. The van der Waals surface area contributed by atoms with Gasteiger partial charge < -0.3 is 21.9 Å². The third-order valence-electron chi connectivity index (χ3n) is 2.32. The van der Waals surface area contributed by atoms with E-state index in [4.69, 9.17) is 10.0 Å². The van der Waals surface area contributed by atoms with E-state index in [2.05, 4.69) is 18.7 Å². The van der Waals surface area contributed by atoms with E-state index in [1.807, 2.05) is 12.1 Å². The van der Waals surface area contributed by atoms with Crippen molar-refractivity contribution in [1.82, 2.24) is 0 Å². The second-order valence-corrected chi connectivity index (χ2v) is 3.45. The average Bonchev–Trinajstić information content (AvgIpc) is 2.26. The van der Waals surface area contributed by atoms with Gasteiger partial charge in [-0.15, -0.1) is 6.54 Å². The molecule has 0 aliphatic rings. The summed E-state index contributed by atoms with van der Waals surface area (Å²) in [5, 5.41) is 17.9. The number of hydrogen-bond donors (Lipinski definition) is 2. The minimum atomic E-state index is -1.39. The first kappa shape index (κ1) is 16.1. The van der Waals surface area contributed by atoms with Gasteiger partial charge in [-0.3, -0.25) is 0 Å².